The van der Waals surface area contributed by atoms with Gasteiger partial charge in [-0.05, 0) is 12.1 Å². The molecule has 22 heavy (non-hydrogen) atoms. The van der Waals surface area contributed by atoms with Crippen LogP contribution in [0.15, 0.2) is 29.1 Å². The normalized spacial score (nSPS) is 12.3. The molecule has 1 aromatic heterocycles. The standard InChI is InChI=1S/C14H17N3O5/c1-16-10-5-3-4-6-11(10)17(14(16)21)7-12(18)15-9(8-22-2)13(19)20/h3-6,9H,7-8H2,1-2H3,(H,15,18)(H,19,20). The number of nitrogens with zero attached hydrogens (tertiary/aromatic N) is 2. The van der Waals surface area contributed by atoms with E-state index in [0.29, 0.717) is 11.0 Å². The summed E-state index contributed by atoms with van der Waals surface area (Å²) in [6.45, 7) is -0.404. The summed E-state index contributed by atoms with van der Waals surface area (Å²) in [5.41, 5.74) is 0.978. The minimum Gasteiger partial charge on any atom is -0.480 e. The number of rotatable bonds is 6. The number of hydrogen-bond donors (Lipinski definition) is 2. The van der Waals surface area contributed by atoms with E-state index in [9.17, 15) is 14.4 Å². The zero-order chi connectivity index (χ0) is 16.3. The van der Waals surface area contributed by atoms with E-state index in [1.54, 1.807) is 31.3 Å². The Morgan fingerprint density at radius 2 is 1.95 bits per heavy atom. The summed E-state index contributed by atoms with van der Waals surface area (Å²) in [5.74, 6) is -1.76. The lowest BCUT2D eigenvalue weighted by molar-refractivity contribution is -0.143. The topological polar surface area (TPSA) is 103 Å². The largest absolute Gasteiger partial charge is 0.480 e. The third kappa shape index (κ3) is 3.01. The molecule has 1 unspecified atom stereocenters. The van der Waals surface area contributed by atoms with Crippen molar-refractivity contribution in [3.05, 3.63) is 34.7 Å². The van der Waals surface area contributed by atoms with Gasteiger partial charge in [-0.15, -0.1) is 0 Å². The first-order valence-electron chi connectivity index (χ1n) is 6.61. The van der Waals surface area contributed by atoms with Gasteiger partial charge >= 0.3 is 11.7 Å². The van der Waals surface area contributed by atoms with Crippen molar-refractivity contribution in [2.75, 3.05) is 13.7 Å². The molecule has 0 bridgehead atoms. The predicted molar refractivity (Wildman–Crippen MR) is 78.6 cm³/mol. The lowest BCUT2D eigenvalue weighted by Crippen LogP contribution is -2.45. The average Bonchev–Trinajstić information content (AvgIpc) is 2.72. The van der Waals surface area contributed by atoms with Crippen molar-refractivity contribution in [3.8, 4) is 0 Å². The maximum atomic E-state index is 12.2. The van der Waals surface area contributed by atoms with Gasteiger partial charge in [0.25, 0.3) is 0 Å². The number of imidazole rings is 1. The number of carboxylic acids is 1. The molecule has 1 aromatic carbocycles. The fraction of sp³-hybridized carbons (Fsp3) is 0.357. The highest BCUT2D eigenvalue weighted by Gasteiger charge is 2.21. The van der Waals surface area contributed by atoms with E-state index < -0.39 is 17.9 Å². The number of benzene rings is 1. The summed E-state index contributed by atoms with van der Waals surface area (Å²) in [4.78, 5) is 35.2. The number of ether oxygens (including phenoxy) is 1. The molecular weight excluding hydrogens is 290 g/mol. The van der Waals surface area contributed by atoms with Crippen LogP contribution in [0.25, 0.3) is 11.0 Å². The molecule has 0 radical (unpaired) electrons. The van der Waals surface area contributed by atoms with Crippen LogP contribution >= 0.6 is 0 Å². The van der Waals surface area contributed by atoms with Crippen molar-refractivity contribution in [2.24, 2.45) is 7.05 Å². The monoisotopic (exact) mass is 307 g/mol. The lowest BCUT2D eigenvalue weighted by Gasteiger charge is -2.13. The number of para-hydroxylation sites is 2. The summed E-state index contributed by atoms with van der Waals surface area (Å²) in [7, 11) is 2.96. The molecule has 0 aliphatic heterocycles. The molecule has 1 atom stereocenters. The number of fused-ring (bicyclic) bond motifs is 1. The molecule has 0 saturated carbocycles. The van der Waals surface area contributed by atoms with Gasteiger partial charge in [0.05, 0.1) is 17.6 Å². The van der Waals surface area contributed by atoms with E-state index in [1.165, 1.54) is 16.2 Å². The van der Waals surface area contributed by atoms with E-state index in [1.807, 2.05) is 0 Å². The summed E-state index contributed by atoms with van der Waals surface area (Å²) in [6, 6.07) is 5.92. The molecule has 0 spiro atoms. The smallest absolute Gasteiger partial charge is 0.329 e. The molecule has 2 rings (SSSR count). The summed E-state index contributed by atoms with van der Waals surface area (Å²) in [5, 5.41) is 11.3. The van der Waals surface area contributed by atoms with Crippen LogP contribution in [-0.2, 0) is 27.9 Å². The number of carbonyl (C=O) groups is 2. The molecule has 118 valence electrons. The molecule has 1 heterocycles. The van der Waals surface area contributed by atoms with Crippen molar-refractivity contribution < 1.29 is 19.4 Å². The molecule has 0 aliphatic carbocycles. The molecule has 2 N–H and O–H groups in total. The Balaban J connectivity index is 2.24. The number of carbonyl (C=O) groups excluding carboxylic acids is 1. The first kappa shape index (κ1) is 15.8. The Labute approximate surface area is 125 Å². The third-order valence-corrected chi connectivity index (χ3v) is 3.32. The average molecular weight is 307 g/mol. The lowest BCUT2D eigenvalue weighted by atomic mass is 10.3. The molecule has 8 nitrogen and oxygen atoms in total. The van der Waals surface area contributed by atoms with Gasteiger partial charge < -0.3 is 15.2 Å². The third-order valence-electron chi connectivity index (χ3n) is 3.32. The number of amides is 1. The van der Waals surface area contributed by atoms with Crippen molar-refractivity contribution in [1.82, 2.24) is 14.5 Å². The van der Waals surface area contributed by atoms with Crippen molar-refractivity contribution in [2.45, 2.75) is 12.6 Å². The Morgan fingerprint density at radius 1 is 1.32 bits per heavy atom. The molecule has 0 aliphatic rings. The van der Waals surface area contributed by atoms with Gasteiger partial charge in [0.15, 0.2) is 6.04 Å². The first-order valence-corrected chi connectivity index (χ1v) is 6.61. The Morgan fingerprint density at radius 3 is 2.55 bits per heavy atom. The van der Waals surface area contributed by atoms with Crippen LogP contribution in [0, 0.1) is 0 Å². The number of hydrogen-bond acceptors (Lipinski definition) is 4. The van der Waals surface area contributed by atoms with E-state index in [2.05, 4.69) is 5.32 Å². The van der Waals surface area contributed by atoms with E-state index >= 15 is 0 Å². The van der Waals surface area contributed by atoms with Crippen LogP contribution in [0.3, 0.4) is 0 Å². The first-order chi connectivity index (χ1) is 10.5. The number of aryl methyl sites for hydroxylation is 1. The summed E-state index contributed by atoms with van der Waals surface area (Å²) >= 11 is 0. The molecular formula is C14H17N3O5. The number of methoxy groups -OCH3 is 1. The highest BCUT2D eigenvalue weighted by atomic mass is 16.5. The van der Waals surface area contributed by atoms with Gasteiger partial charge in [0.1, 0.15) is 6.54 Å². The van der Waals surface area contributed by atoms with Crippen molar-refractivity contribution >= 4 is 22.9 Å². The highest BCUT2D eigenvalue weighted by molar-refractivity contribution is 5.85. The number of aliphatic carboxylic acids is 1. The maximum Gasteiger partial charge on any atom is 0.329 e. The fourth-order valence-electron chi connectivity index (χ4n) is 2.24. The fourth-order valence-corrected chi connectivity index (χ4v) is 2.24. The number of nitrogens with one attached hydrogen (secondary N) is 1. The van der Waals surface area contributed by atoms with Crippen LogP contribution in [-0.4, -0.2) is 45.9 Å². The molecule has 1 amide bonds. The zero-order valence-electron chi connectivity index (χ0n) is 12.3. The van der Waals surface area contributed by atoms with Gasteiger partial charge in [0, 0.05) is 14.2 Å². The quantitative estimate of drug-likeness (QED) is 0.753. The van der Waals surface area contributed by atoms with Gasteiger partial charge in [-0.2, -0.15) is 0 Å². The maximum absolute atomic E-state index is 12.2. The van der Waals surface area contributed by atoms with Crippen LogP contribution < -0.4 is 11.0 Å². The van der Waals surface area contributed by atoms with Gasteiger partial charge in [-0.3, -0.25) is 13.9 Å². The van der Waals surface area contributed by atoms with E-state index in [4.69, 9.17) is 9.84 Å². The van der Waals surface area contributed by atoms with E-state index in [-0.39, 0.29) is 18.8 Å². The molecule has 0 saturated heterocycles. The van der Waals surface area contributed by atoms with Crippen LogP contribution in [0.1, 0.15) is 0 Å². The second-order valence-corrected chi connectivity index (χ2v) is 4.83. The van der Waals surface area contributed by atoms with Gasteiger partial charge in [-0.1, -0.05) is 12.1 Å². The molecule has 0 fully saturated rings. The SMILES string of the molecule is COCC(NC(=O)Cn1c(=O)n(C)c2ccccc21)C(=O)O. The predicted octanol–water partition coefficient (Wildman–Crippen LogP) is -0.444. The van der Waals surface area contributed by atoms with Gasteiger partial charge in [-0.25, -0.2) is 9.59 Å². The zero-order valence-corrected chi connectivity index (χ0v) is 12.3. The van der Waals surface area contributed by atoms with Crippen molar-refractivity contribution in [3.63, 3.8) is 0 Å². The Kier molecular flexibility index (Phi) is 4.62. The second-order valence-electron chi connectivity index (χ2n) is 4.83. The van der Waals surface area contributed by atoms with E-state index in [0.717, 1.165) is 0 Å². The van der Waals surface area contributed by atoms with Crippen molar-refractivity contribution in [1.29, 1.82) is 0 Å². The molecule has 8 heteroatoms. The second kappa shape index (κ2) is 6.44. The highest BCUT2D eigenvalue weighted by Crippen LogP contribution is 2.11. The summed E-state index contributed by atoms with van der Waals surface area (Å²) in [6.07, 6.45) is 0. The Hall–Kier alpha value is -2.61. The van der Waals surface area contributed by atoms with Crippen LogP contribution in [0.4, 0.5) is 0 Å². The summed E-state index contributed by atoms with van der Waals surface area (Å²) < 4.78 is 7.49. The number of carboxylic acid groups (broad SMARTS) is 1. The minimum atomic E-state index is -1.19. The Bertz CT molecular complexity index is 761. The van der Waals surface area contributed by atoms with Crippen LogP contribution in [0.5, 0.6) is 0 Å². The minimum absolute atomic E-state index is 0.147. The number of aromatic nitrogens is 2. The molecule has 2 aromatic rings. The van der Waals surface area contributed by atoms with Crippen LogP contribution in [0.2, 0.25) is 0 Å². The van der Waals surface area contributed by atoms with Gasteiger partial charge in [0.2, 0.25) is 5.91 Å².